The minimum atomic E-state index is 0.785. The Kier molecular flexibility index (Phi) is 4.97. The molecule has 0 saturated carbocycles. The van der Waals surface area contributed by atoms with E-state index < -0.39 is 0 Å². The Morgan fingerprint density at radius 1 is 1.10 bits per heavy atom. The molecule has 0 unspecified atom stereocenters. The molecule has 1 saturated heterocycles. The van der Waals surface area contributed by atoms with Gasteiger partial charge in [-0.15, -0.1) is 0 Å². The minimum Gasteiger partial charge on any atom is -0.311 e. The fourth-order valence-corrected chi connectivity index (χ4v) is 2.71. The third kappa shape index (κ3) is 4.12. The van der Waals surface area contributed by atoms with Crippen LogP contribution < -0.4 is 5.32 Å². The van der Waals surface area contributed by atoms with Crippen LogP contribution in [0.3, 0.4) is 0 Å². The topological polar surface area (TPSA) is 46.0 Å². The predicted molar refractivity (Wildman–Crippen MR) is 83.4 cm³/mol. The molecule has 1 aromatic carbocycles. The molecule has 1 fully saturated rings. The molecule has 0 aliphatic carbocycles. The molecule has 112 valence electrons. The van der Waals surface area contributed by atoms with Crippen molar-refractivity contribution < 1.29 is 0 Å². The smallest absolute Gasteiger partial charge is 0.0969 e. The second-order valence-electron chi connectivity index (χ2n) is 5.54. The Bertz CT molecular complexity index is 531. The molecule has 0 atom stereocenters. The van der Waals surface area contributed by atoms with Crippen LogP contribution in [0, 0.1) is 0 Å². The minimum absolute atomic E-state index is 0.785. The summed E-state index contributed by atoms with van der Waals surface area (Å²) in [4.78, 5) is 4.23. The summed E-state index contributed by atoms with van der Waals surface area (Å²) >= 11 is 0. The molecule has 5 nitrogen and oxygen atoms in total. The van der Waals surface area contributed by atoms with Crippen molar-refractivity contribution in [2.24, 2.45) is 0 Å². The van der Waals surface area contributed by atoms with Crippen LogP contribution in [0.15, 0.2) is 36.5 Å². The molecule has 1 N–H and O–H groups in total. The van der Waals surface area contributed by atoms with Gasteiger partial charge in [0.05, 0.1) is 17.6 Å². The number of para-hydroxylation sites is 1. The summed E-state index contributed by atoms with van der Waals surface area (Å²) in [5.41, 5.74) is 1.98. The van der Waals surface area contributed by atoms with Crippen LogP contribution in [-0.4, -0.2) is 46.1 Å². The lowest BCUT2D eigenvalue weighted by atomic mass is 10.3. The van der Waals surface area contributed by atoms with Crippen molar-refractivity contribution in [3.8, 4) is 5.69 Å². The van der Waals surface area contributed by atoms with Gasteiger partial charge in [0.25, 0.3) is 0 Å². The van der Waals surface area contributed by atoms with Crippen LogP contribution in [0.5, 0.6) is 0 Å². The fraction of sp³-hybridized carbons (Fsp3) is 0.500. The third-order valence-corrected chi connectivity index (χ3v) is 3.86. The van der Waals surface area contributed by atoms with E-state index in [0.717, 1.165) is 24.5 Å². The maximum Gasteiger partial charge on any atom is 0.0969 e. The largest absolute Gasteiger partial charge is 0.311 e. The van der Waals surface area contributed by atoms with Gasteiger partial charge in [-0.3, -0.25) is 0 Å². The second kappa shape index (κ2) is 7.33. The van der Waals surface area contributed by atoms with Gasteiger partial charge in [0.15, 0.2) is 0 Å². The van der Waals surface area contributed by atoms with E-state index in [2.05, 4.69) is 20.4 Å². The molecule has 0 amide bonds. The molecule has 1 aromatic heterocycles. The van der Waals surface area contributed by atoms with Crippen LogP contribution in [0.4, 0.5) is 0 Å². The first-order valence-electron chi connectivity index (χ1n) is 7.81. The molecular formula is C16H23N5. The normalized spacial score (nSPS) is 15.6. The first-order chi connectivity index (χ1) is 10.4. The van der Waals surface area contributed by atoms with Crippen LogP contribution >= 0.6 is 0 Å². The highest BCUT2D eigenvalue weighted by atomic mass is 15.5. The van der Waals surface area contributed by atoms with E-state index in [1.165, 1.54) is 38.9 Å². The first kappa shape index (κ1) is 14.2. The molecule has 1 aliphatic rings. The van der Waals surface area contributed by atoms with Crippen molar-refractivity contribution in [3.05, 3.63) is 42.2 Å². The van der Waals surface area contributed by atoms with Gasteiger partial charge in [-0.25, -0.2) is 0 Å². The molecular weight excluding hydrogens is 262 g/mol. The van der Waals surface area contributed by atoms with E-state index in [1.807, 2.05) is 36.5 Å². The summed E-state index contributed by atoms with van der Waals surface area (Å²) < 4.78 is 0. The lowest BCUT2D eigenvalue weighted by Gasteiger charge is -2.13. The molecule has 21 heavy (non-hydrogen) atoms. The molecule has 0 radical (unpaired) electrons. The van der Waals surface area contributed by atoms with E-state index in [4.69, 9.17) is 0 Å². The number of benzene rings is 1. The molecule has 5 heteroatoms. The Hall–Kier alpha value is -1.72. The van der Waals surface area contributed by atoms with Crippen LogP contribution in [0.2, 0.25) is 0 Å². The Morgan fingerprint density at radius 3 is 2.71 bits per heavy atom. The molecule has 2 heterocycles. The number of nitrogens with zero attached hydrogens (tertiary/aromatic N) is 4. The number of hydrogen-bond acceptors (Lipinski definition) is 4. The molecule has 2 aromatic rings. The van der Waals surface area contributed by atoms with Gasteiger partial charge < -0.3 is 10.2 Å². The van der Waals surface area contributed by atoms with E-state index in [0.29, 0.717) is 0 Å². The van der Waals surface area contributed by atoms with Crippen molar-refractivity contribution in [2.45, 2.75) is 25.8 Å². The van der Waals surface area contributed by atoms with E-state index in [1.54, 1.807) is 4.80 Å². The van der Waals surface area contributed by atoms with Gasteiger partial charge >= 0.3 is 0 Å². The molecule has 0 spiro atoms. The zero-order valence-electron chi connectivity index (χ0n) is 12.4. The lowest BCUT2D eigenvalue weighted by molar-refractivity contribution is 0.331. The van der Waals surface area contributed by atoms with Crippen molar-refractivity contribution in [1.82, 2.24) is 25.2 Å². The average molecular weight is 285 g/mol. The number of likely N-dealkylation sites (tertiary alicyclic amines) is 1. The SMILES string of the molecule is c1ccc(-n2ncc(CNCCCN3CCCC3)n2)cc1. The first-order valence-corrected chi connectivity index (χ1v) is 7.81. The van der Waals surface area contributed by atoms with Crippen molar-refractivity contribution in [3.63, 3.8) is 0 Å². The number of nitrogens with one attached hydrogen (secondary N) is 1. The Balaban J connectivity index is 1.39. The summed E-state index contributed by atoms with van der Waals surface area (Å²) in [6.07, 6.45) is 5.78. The van der Waals surface area contributed by atoms with Gasteiger partial charge in [0.2, 0.25) is 0 Å². The second-order valence-corrected chi connectivity index (χ2v) is 5.54. The fourth-order valence-electron chi connectivity index (χ4n) is 2.71. The average Bonchev–Trinajstić information content (AvgIpc) is 3.19. The zero-order valence-corrected chi connectivity index (χ0v) is 12.4. The summed E-state index contributed by atoms with van der Waals surface area (Å²) in [5, 5.41) is 12.2. The van der Waals surface area contributed by atoms with E-state index >= 15 is 0 Å². The van der Waals surface area contributed by atoms with Gasteiger partial charge in [-0.2, -0.15) is 15.0 Å². The quantitative estimate of drug-likeness (QED) is 0.789. The highest BCUT2D eigenvalue weighted by molar-refractivity contribution is 5.28. The maximum atomic E-state index is 4.49. The summed E-state index contributed by atoms with van der Waals surface area (Å²) in [7, 11) is 0. The predicted octanol–water partition coefficient (Wildman–Crippen LogP) is 1.84. The summed E-state index contributed by atoms with van der Waals surface area (Å²) in [6, 6.07) is 10.0. The highest BCUT2D eigenvalue weighted by Gasteiger charge is 2.10. The summed E-state index contributed by atoms with van der Waals surface area (Å²) in [6.45, 7) is 5.60. The van der Waals surface area contributed by atoms with Crippen LogP contribution in [-0.2, 0) is 6.54 Å². The third-order valence-electron chi connectivity index (χ3n) is 3.86. The van der Waals surface area contributed by atoms with Crippen molar-refractivity contribution in [2.75, 3.05) is 26.2 Å². The van der Waals surface area contributed by atoms with Gasteiger partial charge in [-0.1, -0.05) is 18.2 Å². The van der Waals surface area contributed by atoms with Gasteiger partial charge in [-0.05, 0) is 57.6 Å². The van der Waals surface area contributed by atoms with E-state index in [-0.39, 0.29) is 0 Å². The highest BCUT2D eigenvalue weighted by Crippen LogP contribution is 2.07. The Morgan fingerprint density at radius 2 is 1.90 bits per heavy atom. The Labute approximate surface area is 126 Å². The molecule has 0 bridgehead atoms. The number of hydrogen-bond donors (Lipinski definition) is 1. The van der Waals surface area contributed by atoms with E-state index in [9.17, 15) is 0 Å². The number of rotatable bonds is 7. The number of aromatic nitrogens is 3. The standard InChI is InChI=1S/C16H23N5/c1-2-7-16(8-3-1)21-18-14-15(19-21)13-17-9-6-12-20-10-4-5-11-20/h1-3,7-8,14,17H,4-6,9-13H2. The zero-order chi connectivity index (χ0) is 14.3. The van der Waals surface area contributed by atoms with Gasteiger partial charge in [0, 0.05) is 6.54 Å². The van der Waals surface area contributed by atoms with Crippen molar-refractivity contribution >= 4 is 0 Å². The summed E-state index contributed by atoms with van der Waals surface area (Å²) in [5.74, 6) is 0. The van der Waals surface area contributed by atoms with Crippen LogP contribution in [0.25, 0.3) is 5.69 Å². The van der Waals surface area contributed by atoms with Crippen LogP contribution in [0.1, 0.15) is 25.0 Å². The molecule has 1 aliphatic heterocycles. The van der Waals surface area contributed by atoms with Gasteiger partial charge in [0.1, 0.15) is 0 Å². The lowest BCUT2D eigenvalue weighted by Crippen LogP contribution is -2.24. The van der Waals surface area contributed by atoms with Crippen molar-refractivity contribution in [1.29, 1.82) is 0 Å². The maximum absolute atomic E-state index is 4.49. The monoisotopic (exact) mass is 285 g/mol. The molecule has 3 rings (SSSR count).